The Morgan fingerprint density at radius 3 is 2.67 bits per heavy atom. The van der Waals surface area contributed by atoms with E-state index in [0.29, 0.717) is 5.65 Å². The maximum Gasteiger partial charge on any atom is 0.296 e. The van der Waals surface area contributed by atoms with Crippen molar-refractivity contribution in [3.63, 3.8) is 0 Å². The molecule has 0 aliphatic heterocycles. The number of nitrogens with zero attached hydrogens (tertiary/aromatic N) is 3. The van der Waals surface area contributed by atoms with Crippen molar-refractivity contribution in [1.29, 1.82) is 0 Å². The van der Waals surface area contributed by atoms with Gasteiger partial charge in [-0.2, -0.15) is 13.9 Å². The minimum atomic E-state index is -2.97. The Kier molecular flexibility index (Phi) is 4.98. The van der Waals surface area contributed by atoms with Crippen LogP contribution in [0, 0.1) is 0 Å². The van der Waals surface area contributed by atoms with Crippen molar-refractivity contribution >= 4 is 16.9 Å². The molecule has 2 aromatic heterocycles. The van der Waals surface area contributed by atoms with Crippen molar-refractivity contribution in [3.8, 4) is 0 Å². The quantitative estimate of drug-likeness (QED) is 0.686. The van der Waals surface area contributed by atoms with Crippen LogP contribution in [0.4, 0.5) is 14.6 Å². The Morgan fingerprint density at radius 2 is 1.89 bits per heavy atom. The van der Waals surface area contributed by atoms with Gasteiger partial charge in [-0.25, -0.2) is 9.97 Å². The van der Waals surface area contributed by atoms with Gasteiger partial charge in [-0.05, 0) is 25.7 Å². The van der Waals surface area contributed by atoms with Gasteiger partial charge in [0, 0.05) is 11.6 Å². The Hall–Kier alpha value is -2.61. The van der Waals surface area contributed by atoms with Crippen molar-refractivity contribution in [2.24, 2.45) is 0 Å². The molecule has 27 heavy (non-hydrogen) atoms. The summed E-state index contributed by atoms with van der Waals surface area (Å²) in [7, 11) is 0. The number of fused-ring (bicyclic) bond motifs is 1. The van der Waals surface area contributed by atoms with Gasteiger partial charge in [-0.3, -0.25) is 5.10 Å². The zero-order chi connectivity index (χ0) is 18.7. The van der Waals surface area contributed by atoms with E-state index in [9.17, 15) is 8.78 Å². The zero-order valence-corrected chi connectivity index (χ0v) is 14.7. The lowest BCUT2D eigenvalue weighted by Crippen LogP contribution is -2.32. The molecular formula is C19H21F2N5O. The van der Waals surface area contributed by atoms with Crippen LogP contribution in [0.1, 0.15) is 31.2 Å². The van der Waals surface area contributed by atoms with Gasteiger partial charge in [0.05, 0.1) is 17.7 Å². The number of benzene rings is 1. The van der Waals surface area contributed by atoms with Crippen LogP contribution in [0.2, 0.25) is 0 Å². The summed E-state index contributed by atoms with van der Waals surface area (Å²) in [6.07, 6.45) is 6.19. The molecule has 0 spiro atoms. The second kappa shape index (κ2) is 7.56. The summed E-state index contributed by atoms with van der Waals surface area (Å²) in [5.41, 5.74) is 0.681. The Labute approximate surface area is 155 Å². The van der Waals surface area contributed by atoms with Crippen molar-refractivity contribution < 1.29 is 13.5 Å². The minimum Gasteiger partial charge on any atom is -0.372 e. The molecule has 0 saturated heterocycles. The lowest BCUT2D eigenvalue weighted by atomic mass is 9.93. The third-order valence-corrected chi connectivity index (χ3v) is 4.96. The number of alkyl halides is 2. The number of ether oxygens (including phenoxy) is 1. The van der Waals surface area contributed by atoms with Crippen LogP contribution in [-0.4, -0.2) is 38.9 Å². The third-order valence-electron chi connectivity index (χ3n) is 4.96. The normalized spacial score (nSPS) is 20.7. The fraction of sp³-hybridized carbons (Fsp3) is 0.421. The van der Waals surface area contributed by atoms with E-state index < -0.39 is 12.5 Å². The molecule has 1 aliphatic carbocycles. The topological polar surface area (TPSA) is 75.7 Å². The van der Waals surface area contributed by atoms with Gasteiger partial charge in [-0.1, -0.05) is 30.3 Å². The van der Waals surface area contributed by atoms with Crippen molar-refractivity contribution in [2.75, 3.05) is 11.9 Å². The van der Waals surface area contributed by atoms with Gasteiger partial charge in [-0.15, -0.1) is 0 Å². The van der Waals surface area contributed by atoms with Crippen LogP contribution >= 0.6 is 0 Å². The highest BCUT2D eigenvalue weighted by Crippen LogP contribution is 2.31. The van der Waals surface area contributed by atoms with E-state index in [1.165, 1.54) is 18.5 Å². The zero-order valence-electron chi connectivity index (χ0n) is 14.7. The molecule has 8 heteroatoms. The second-order valence-electron chi connectivity index (χ2n) is 6.85. The van der Waals surface area contributed by atoms with E-state index >= 15 is 0 Å². The molecule has 2 N–H and O–H groups in total. The molecule has 142 valence electrons. The maximum atomic E-state index is 14.2. The number of anilines is 1. The Balaban J connectivity index is 1.28. The number of aromatic amines is 1. The summed E-state index contributed by atoms with van der Waals surface area (Å²) in [4.78, 5) is 8.40. The number of aromatic nitrogens is 4. The molecule has 0 bridgehead atoms. The molecule has 0 unspecified atom stereocenters. The smallest absolute Gasteiger partial charge is 0.296 e. The fourth-order valence-corrected chi connectivity index (χ4v) is 3.43. The lowest BCUT2D eigenvalue weighted by molar-refractivity contribution is -0.111. The highest BCUT2D eigenvalue weighted by Gasteiger charge is 2.33. The molecular weight excluding hydrogens is 352 g/mol. The summed E-state index contributed by atoms with van der Waals surface area (Å²) >= 11 is 0. The number of nitrogens with one attached hydrogen (secondary N) is 2. The van der Waals surface area contributed by atoms with E-state index in [-0.39, 0.29) is 17.7 Å². The number of hydrogen-bond acceptors (Lipinski definition) is 5. The number of H-pyrrole nitrogens is 1. The third kappa shape index (κ3) is 4.05. The molecule has 4 rings (SSSR count). The first kappa shape index (κ1) is 17.8. The largest absolute Gasteiger partial charge is 0.372 e. The summed E-state index contributed by atoms with van der Waals surface area (Å²) < 4.78 is 34.0. The first-order valence-electron chi connectivity index (χ1n) is 9.07. The minimum absolute atomic E-state index is 0.00626. The van der Waals surface area contributed by atoms with Crippen LogP contribution in [0.15, 0.2) is 42.9 Å². The molecule has 3 aromatic rings. The molecule has 1 saturated carbocycles. The first-order valence-corrected chi connectivity index (χ1v) is 9.07. The van der Waals surface area contributed by atoms with Crippen molar-refractivity contribution in [3.05, 3.63) is 48.4 Å². The summed E-state index contributed by atoms with van der Waals surface area (Å²) in [5, 5.41) is 11.1. The number of rotatable bonds is 6. The van der Waals surface area contributed by atoms with E-state index in [4.69, 9.17) is 4.74 Å². The molecule has 0 radical (unpaired) electrons. The summed E-state index contributed by atoms with van der Waals surface area (Å²) in [6.45, 7) is -0.582. The summed E-state index contributed by atoms with van der Waals surface area (Å²) in [5.74, 6) is -2.22. The molecule has 1 aliphatic rings. The van der Waals surface area contributed by atoms with E-state index in [2.05, 4.69) is 25.5 Å². The predicted molar refractivity (Wildman–Crippen MR) is 97.6 cm³/mol. The molecule has 2 heterocycles. The number of hydrogen-bond donors (Lipinski definition) is 2. The second-order valence-corrected chi connectivity index (χ2v) is 6.85. The van der Waals surface area contributed by atoms with Gasteiger partial charge < -0.3 is 10.1 Å². The van der Waals surface area contributed by atoms with E-state index in [0.717, 1.165) is 36.9 Å². The SMILES string of the molecule is FC(F)(CO[C@H]1CC[C@H](Nc2ncnc3[nH]ncc23)CC1)c1ccccc1. The molecule has 1 fully saturated rings. The molecule has 0 amide bonds. The van der Waals surface area contributed by atoms with Crippen LogP contribution in [-0.2, 0) is 10.7 Å². The maximum absolute atomic E-state index is 14.2. The average Bonchev–Trinajstić information content (AvgIpc) is 3.18. The van der Waals surface area contributed by atoms with Crippen molar-refractivity contribution in [1.82, 2.24) is 20.2 Å². The van der Waals surface area contributed by atoms with E-state index in [1.807, 2.05) is 0 Å². The van der Waals surface area contributed by atoms with Gasteiger partial charge >= 0.3 is 0 Å². The highest BCUT2D eigenvalue weighted by atomic mass is 19.3. The number of halogens is 2. The van der Waals surface area contributed by atoms with Crippen LogP contribution in [0.25, 0.3) is 11.0 Å². The van der Waals surface area contributed by atoms with Gasteiger partial charge in [0.15, 0.2) is 5.65 Å². The van der Waals surface area contributed by atoms with Crippen LogP contribution in [0.3, 0.4) is 0 Å². The fourth-order valence-electron chi connectivity index (χ4n) is 3.43. The first-order chi connectivity index (χ1) is 13.1. The molecule has 0 atom stereocenters. The lowest BCUT2D eigenvalue weighted by Gasteiger charge is -2.30. The summed E-state index contributed by atoms with van der Waals surface area (Å²) in [6, 6.07) is 8.05. The van der Waals surface area contributed by atoms with Crippen molar-refractivity contribution in [2.45, 2.75) is 43.8 Å². The molecule has 1 aromatic carbocycles. The van der Waals surface area contributed by atoms with Crippen LogP contribution < -0.4 is 5.32 Å². The average molecular weight is 373 g/mol. The molecule has 6 nitrogen and oxygen atoms in total. The Morgan fingerprint density at radius 1 is 1.11 bits per heavy atom. The van der Waals surface area contributed by atoms with E-state index in [1.54, 1.807) is 24.4 Å². The predicted octanol–water partition coefficient (Wildman–Crippen LogP) is 3.88. The standard InChI is InChI=1S/C19H21F2N5O/c20-19(21,13-4-2-1-3-5-13)11-27-15-8-6-14(7-9-15)25-17-16-10-24-26-18(16)23-12-22-17/h1-5,10,12,14-15H,6-9,11H2,(H2,22,23,24,25,26)/t14-,15-. The van der Waals surface area contributed by atoms with Gasteiger partial charge in [0.1, 0.15) is 18.8 Å². The van der Waals surface area contributed by atoms with Crippen LogP contribution in [0.5, 0.6) is 0 Å². The highest BCUT2D eigenvalue weighted by molar-refractivity contribution is 5.85. The van der Waals surface area contributed by atoms with Gasteiger partial charge in [0.2, 0.25) is 0 Å². The Bertz CT molecular complexity index is 878. The monoisotopic (exact) mass is 373 g/mol. The van der Waals surface area contributed by atoms with Gasteiger partial charge in [0.25, 0.3) is 5.92 Å².